The number of alkyl halides is 1. The van der Waals surface area contributed by atoms with E-state index >= 15 is 0 Å². The van der Waals surface area contributed by atoms with E-state index in [4.69, 9.17) is 9.94 Å². The van der Waals surface area contributed by atoms with Crippen LogP contribution in [0.1, 0.15) is 38.5 Å². The van der Waals surface area contributed by atoms with Crippen molar-refractivity contribution in [3.05, 3.63) is 0 Å². The predicted octanol–water partition coefficient (Wildman–Crippen LogP) is 2.38. The van der Waals surface area contributed by atoms with E-state index in [0.29, 0.717) is 17.8 Å². The number of hydrogen-bond donors (Lipinski definition) is 1. The Morgan fingerprint density at radius 2 is 1.65 bits per heavy atom. The molecule has 0 unspecified atom stereocenters. The fraction of sp³-hybridized carbons (Fsp3) is 0.786. The Kier molecular flexibility index (Phi) is 3.60. The number of nitrogens with zero attached hydrogens (tertiary/aromatic N) is 1. The second kappa shape index (κ2) is 5.13. The van der Waals surface area contributed by atoms with Crippen molar-refractivity contribution >= 4 is 33.4 Å². The molecule has 0 aromatic rings. The molecule has 0 radical (unpaired) electrons. The van der Waals surface area contributed by atoms with E-state index < -0.39 is 17.5 Å². The van der Waals surface area contributed by atoms with Crippen LogP contribution in [0.5, 0.6) is 0 Å². The molecule has 4 saturated carbocycles. The van der Waals surface area contributed by atoms with Crippen LogP contribution in [0.4, 0.5) is 0 Å². The fourth-order valence-electron chi connectivity index (χ4n) is 4.56. The number of halogens is 1. The van der Waals surface area contributed by atoms with Gasteiger partial charge in [-0.3, -0.25) is 4.79 Å². The topological polar surface area (TPSA) is 76.0 Å². The Morgan fingerprint density at radius 3 is 2.05 bits per heavy atom. The molecule has 0 amide bonds. The molecule has 4 aliphatic rings. The van der Waals surface area contributed by atoms with Crippen LogP contribution in [0, 0.1) is 17.8 Å². The number of carboxylic acids is 1. The maximum absolute atomic E-state index is 11.5. The first-order valence-corrected chi connectivity index (χ1v) is 8.22. The molecule has 5 nitrogen and oxygen atoms in total. The molecule has 1 N–H and O–H groups in total. The third kappa shape index (κ3) is 2.50. The number of hydrogen-bond acceptors (Lipinski definition) is 4. The van der Waals surface area contributed by atoms with Crippen LogP contribution in [-0.2, 0) is 14.4 Å². The quantitative estimate of drug-likeness (QED) is 0.360. The molecule has 0 aromatic carbocycles. The zero-order valence-corrected chi connectivity index (χ0v) is 12.8. The summed E-state index contributed by atoms with van der Waals surface area (Å²) >= 11 is 2.97. The molecule has 4 aliphatic carbocycles. The van der Waals surface area contributed by atoms with Crippen LogP contribution >= 0.6 is 15.9 Å². The monoisotopic (exact) mass is 343 g/mol. The molecule has 0 atom stereocenters. The van der Waals surface area contributed by atoms with E-state index in [1.165, 1.54) is 19.3 Å². The van der Waals surface area contributed by atoms with E-state index in [-0.39, 0.29) is 10.9 Å². The minimum Gasteiger partial charge on any atom is -0.476 e. The summed E-state index contributed by atoms with van der Waals surface area (Å²) in [5.74, 6) is 0.200. The van der Waals surface area contributed by atoms with E-state index in [2.05, 4.69) is 21.1 Å². The van der Waals surface area contributed by atoms with Crippen molar-refractivity contribution in [2.24, 2.45) is 22.9 Å². The van der Waals surface area contributed by atoms with Gasteiger partial charge in [0.2, 0.25) is 11.5 Å². The molecule has 4 fully saturated rings. The summed E-state index contributed by atoms with van der Waals surface area (Å²) in [6.45, 7) is 0. The molecule has 0 spiro atoms. The van der Waals surface area contributed by atoms with Gasteiger partial charge in [0, 0.05) is 0 Å². The summed E-state index contributed by atoms with van der Waals surface area (Å²) < 4.78 is 0. The van der Waals surface area contributed by atoms with Gasteiger partial charge in [-0.05, 0) is 56.3 Å². The predicted molar refractivity (Wildman–Crippen MR) is 75.9 cm³/mol. The Hall–Kier alpha value is -0.910. The summed E-state index contributed by atoms with van der Waals surface area (Å²) in [6.07, 6.45) is 6.70. The Morgan fingerprint density at radius 1 is 1.15 bits per heavy atom. The largest absolute Gasteiger partial charge is 0.476 e. The molecule has 4 rings (SSSR count). The molecular formula is C14H18BrNO4. The first kappa shape index (κ1) is 14.0. The Bertz CT molecular complexity index is 439. The van der Waals surface area contributed by atoms with Gasteiger partial charge in [0.15, 0.2) is 0 Å². The molecule has 0 aliphatic heterocycles. The highest BCUT2D eigenvalue weighted by atomic mass is 79.9. The molecule has 4 bridgehead atoms. The molecule has 110 valence electrons. The molecular weight excluding hydrogens is 326 g/mol. The van der Waals surface area contributed by atoms with Gasteiger partial charge in [-0.25, -0.2) is 4.79 Å². The second-order valence-electron chi connectivity index (χ2n) is 6.49. The van der Waals surface area contributed by atoms with Crippen molar-refractivity contribution < 1.29 is 19.5 Å². The summed E-state index contributed by atoms with van der Waals surface area (Å²) in [4.78, 5) is 28.3. The SMILES string of the molecule is O=C(O)/C(=N\OC12CC3CC(CC(C3)C1)C2)C(=O)CBr. The lowest BCUT2D eigenvalue weighted by atomic mass is 9.54. The van der Waals surface area contributed by atoms with Gasteiger partial charge in [-0.15, -0.1) is 0 Å². The minimum atomic E-state index is -1.32. The lowest BCUT2D eigenvalue weighted by molar-refractivity contribution is -0.163. The van der Waals surface area contributed by atoms with Gasteiger partial charge in [0.25, 0.3) is 0 Å². The van der Waals surface area contributed by atoms with E-state index in [9.17, 15) is 9.59 Å². The van der Waals surface area contributed by atoms with Crippen LogP contribution < -0.4 is 0 Å². The number of aliphatic carboxylic acids is 1. The maximum Gasteiger partial charge on any atom is 0.361 e. The van der Waals surface area contributed by atoms with Gasteiger partial charge in [0.05, 0.1) is 5.33 Å². The highest BCUT2D eigenvalue weighted by Gasteiger charge is 2.53. The highest BCUT2D eigenvalue weighted by Crippen LogP contribution is 2.57. The molecule has 6 heteroatoms. The van der Waals surface area contributed by atoms with E-state index in [1.807, 2.05) is 0 Å². The van der Waals surface area contributed by atoms with Crippen molar-refractivity contribution in [3.63, 3.8) is 0 Å². The summed E-state index contributed by atoms with van der Waals surface area (Å²) in [6, 6.07) is 0. The maximum atomic E-state index is 11.5. The van der Waals surface area contributed by atoms with Crippen LogP contribution in [0.25, 0.3) is 0 Å². The number of carboxylic acid groups (broad SMARTS) is 1. The van der Waals surface area contributed by atoms with Crippen LogP contribution in [-0.4, -0.2) is 33.5 Å². The molecule has 0 aromatic heterocycles. The van der Waals surface area contributed by atoms with Crippen molar-refractivity contribution in [3.8, 4) is 0 Å². The zero-order chi connectivity index (χ0) is 14.3. The van der Waals surface area contributed by atoms with Crippen LogP contribution in [0.3, 0.4) is 0 Å². The van der Waals surface area contributed by atoms with E-state index in [1.54, 1.807) is 0 Å². The lowest BCUT2D eigenvalue weighted by Gasteiger charge is -2.54. The third-order valence-electron chi connectivity index (χ3n) is 4.90. The average molecular weight is 344 g/mol. The number of ketones is 1. The Labute approximate surface area is 125 Å². The Balaban J connectivity index is 1.77. The normalized spacial score (nSPS) is 38.9. The molecule has 0 saturated heterocycles. The van der Waals surface area contributed by atoms with Crippen molar-refractivity contribution in [1.29, 1.82) is 0 Å². The minimum absolute atomic E-state index is 0.0532. The lowest BCUT2D eigenvalue weighted by Crippen LogP contribution is -2.51. The van der Waals surface area contributed by atoms with Gasteiger partial charge < -0.3 is 9.94 Å². The number of carbonyl (C=O) groups is 2. The number of rotatable bonds is 5. The van der Waals surface area contributed by atoms with Crippen molar-refractivity contribution in [2.75, 3.05) is 5.33 Å². The fourth-order valence-corrected chi connectivity index (χ4v) is 4.82. The number of carbonyl (C=O) groups excluding carboxylic acids is 1. The highest BCUT2D eigenvalue weighted by molar-refractivity contribution is 9.09. The molecule has 0 heterocycles. The van der Waals surface area contributed by atoms with Crippen molar-refractivity contribution in [2.45, 2.75) is 44.1 Å². The summed E-state index contributed by atoms with van der Waals surface area (Å²) in [5, 5.41) is 12.7. The van der Waals surface area contributed by atoms with Gasteiger partial charge in [0.1, 0.15) is 5.60 Å². The van der Waals surface area contributed by atoms with Crippen LogP contribution in [0.15, 0.2) is 5.16 Å². The van der Waals surface area contributed by atoms with Crippen molar-refractivity contribution in [1.82, 2.24) is 0 Å². The summed E-state index contributed by atoms with van der Waals surface area (Å²) in [7, 11) is 0. The first-order valence-electron chi connectivity index (χ1n) is 7.10. The number of Topliss-reactive ketones (excluding diaryl/α,β-unsaturated/α-hetero) is 1. The van der Waals surface area contributed by atoms with Gasteiger partial charge in [-0.1, -0.05) is 21.1 Å². The van der Waals surface area contributed by atoms with Crippen LogP contribution in [0.2, 0.25) is 0 Å². The average Bonchev–Trinajstić information content (AvgIpc) is 2.36. The van der Waals surface area contributed by atoms with Gasteiger partial charge >= 0.3 is 5.97 Å². The van der Waals surface area contributed by atoms with E-state index in [0.717, 1.165) is 19.3 Å². The molecule has 20 heavy (non-hydrogen) atoms. The number of oxime groups is 1. The first-order chi connectivity index (χ1) is 9.51. The zero-order valence-electron chi connectivity index (χ0n) is 11.2. The third-order valence-corrected chi connectivity index (χ3v) is 5.41. The smallest absolute Gasteiger partial charge is 0.361 e. The summed E-state index contributed by atoms with van der Waals surface area (Å²) in [5.41, 5.74) is -0.820. The van der Waals surface area contributed by atoms with Gasteiger partial charge in [-0.2, -0.15) is 0 Å². The standard InChI is InChI=1S/C14H18BrNO4/c15-7-11(17)12(13(18)19)16-20-14-4-8-1-9(5-14)3-10(2-8)6-14/h8-10H,1-7H2,(H,18,19)/b16-12-. The second-order valence-corrected chi connectivity index (χ2v) is 7.05.